The average Bonchev–Trinajstić information content (AvgIpc) is 2.39. The summed E-state index contributed by atoms with van der Waals surface area (Å²) in [6.07, 6.45) is 1.43. The van der Waals surface area contributed by atoms with Gasteiger partial charge in [-0.1, -0.05) is 38.1 Å². The highest BCUT2D eigenvalue weighted by atomic mass is 16.1. The molecule has 1 saturated heterocycles. The summed E-state index contributed by atoms with van der Waals surface area (Å²) in [6.45, 7) is 8.49. The second kappa shape index (κ2) is 5.66. The third-order valence-corrected chi connectivity index (χ3v) is 3.99. The van der Waals surface area contributed by atoms with E-state index in [2.05, 4.69) is 49.9 Å². The Morgan fingerprint density at radius 1 is 0.944 bits per heavy atom. The maximum atomic E-state index is 11.3. The molecule has 0 bridgehead atoms. The highest BCUT2D eigenvalue weighted by molar-refractivity contribution is 5.79. The largest absolute Gasteiger partial charge is 0.300 e. The summed E-state index contributed by atoms with van der Waals surface area (Å²) < 4.78 is 0. The van der Waals surface area contributed by atoms with Crippen LogP contribution in [0.1, 0.15) is 56.7 Å². The van der Waals surface area contributed by atoms with Gasteiger partial charge in [-0.3, -0.25) is 9.69 Å². The lowest BCUT2D eigenvalue weighted by atomic mass is 9.98. The summed E-state index contributed by atoms with van der Waals surface area (Å²) in [5, 5.41) is 0. The van der Waals surface area contributed by atoms with Gasteiger partial charge >= 0.3 is 0 Å². The molecule has 0 aromatic heterocycles. The van der Waals surface area contributed by atoms with E-state index in [9.17, 15) is 4.79 Å². The van der Waals surface area contributed by atoms with Crippen molar-refractivity contribution in [2.75, 3.05) is 13.1 Å². The molecular formula is C16H23NO. The van der Waals surface area contributed by atoms with Crippen LogP contribution in [0.4, 0.5) is 0 Å². The van der Waals surface area contributed by atoms with E-state index in [1.807, 2.05) is 0 Å². The molecule has 0 spiro atoms. The number of rotatable bonds is 3. The molecular weight excluding hydrogens is 222 g/mol. The number of hydrogen-bond donors (Lipinski definition) is 0. The number of carbonyl (C=O) groups is 1. The molecule has 1 aromatic carbocycles. The third kappa shape index (κ3) is 2.99. The van der Waals surface area contributed by atoms with Crippen LogP contribution in [0.15, 0.2) is 24.3 Å². The molecule has 98 valence electrons. The molecule has 2 rings (SSSR count). The van der Waals surface area contributed by atoms with E-state index in [1.165, 1.54) is 11.1 Å². The predicted octanol–water partition coefficient (Wildman–Crippen LogP) is 3.54. The van der Waals surface area contributed by atoms with Crippen molar-refractivity contribution < 1.29 is 4.79 Å². The second-order valence-corrected chi connectivity index (χ2v) is 5.57. The molecule has 1 unspecified atom stereocenters. The van der Waals surface area contributed by atoms with Crippen molar-refractivity contribution in [3.8, 4) is 0 Å². The first-order valence-electron chi connectivity index (χ1n) is 6.93. The molecule has 1 aliphatic heterocycles. The van der Waals surface area contributed by atoms with Gasteiger partial charge in [0.2, 0.25) is 0 Å². The third-order valence-electron chi connectivity index (χ3n) is 3.99. The Balaban J connectivity index is 2.04. The zero-order valence-corrected chi connectivity index (χ0v) is 11.6. The number of piperidine rings is 1. The van der Waals surface area contributed by atoms with Crippen LogP contribution in [0.3, 0.4) is 0 Å². The fourth-order valence-corrected chi connectivity index (χ4v) is 2.53. The molecule has 0 aliphatic carbocycles. The highest BCUT2D eigenvalue weighted by Crippen LogP contribution is 2.24. The van der Waals surface area contributed by atoms with Gasteiger partial charge in [-0.05, 0) is 24.0 Å². The van der Waals surface area contributed by atoms with Crippen molar-refractivity contribution in [2.45, 2.75) is 45.6 Å². The summed E-state index contributed by atoms with van der Waals surface area (Å²) >= 11 is 0. The van der Waals surface area contributed by atoms with Crippen LogP contribution in [0, 0.1) is 0 Å². The molecule has 2 nitrogen and oxygen atoms in total. The SMILES string of the molecule is CC(C)c1ccc(C(C)N2CCC(=O)CC2)cc1. The fraction of sp³-hybridized carbons (Fsp3) is 0.562. The first-order chi connectivity index (χ1) is 8.58. The maximum absolute atomic E-state index is 11.3. The molecule has 0 N–H and O–H groups in total. The number of hydrogen-bond acceptors (Lipinski definition) is 2. The molecule has 0 radical (unpaired) electrons. The minimum Gasteiger partial charge on any atom is -0.300 e. The quantitative estimate of drug-likeness (QED) is 0.812. The van der Waals surface area contributed by atoms with Crippen molar-refractivity contribution in [1.29, 1.82) is 0 Å². The number of benzene rings is 1. The topological polar surface area (TPSA) is 20.3 Å². The van der Waals surface area contributed by atoms with Gasteiger partial charge in [0, 0.05) is 32.0 Å². The predicted molar refractivity (Wildman–Crippen MR) is 74.8 cm³/mol. The van der Waals surface area contributed by atoms with Gasteiger partial charge in [0.1, 0.15) is 5.78 Å². The normalized spacial score (nSPS) is 19.2. The Morgan fingerprint density at radius 3 is 1.94 bits per heavy atom. The van der Waals surface area contributed by atoms with Crippen molar-refractivity contribution in [3.63, 3.8) is 0 Å². The fourth-order valence-electron chi connectivity index (χ4n) is 2.53. The number of Topliss-reactive ketones (excluding diaryl/α,β-unsaturated/α-hetero) is 1. The van der Waals surface area contributed by atoms with Gasteiger partial charge in [0.05, 0.1) is 0 Å². The maximum Gasteiger partial charge on any atom is 0.135 e. The average molecular weight is 245 g/mol. The van der Waals surface area contributed by atoms with E-state index < -0.39 is 0 Å². The van der Waals surface area contributed by atoms with Crippen molar-refractivity contribution >= 4 is 5.78 Å². The molecule has 1 aliphatic rings. The van der Waals surface area contributed by atoms with E-state index in [0.29, 0.717) is 30.6 Å². The zero-order chi connectivity index (χ0) is 13.1. The second-order valence-electron chi connectivity index (χ2n) is 5.57. The lowest BCUT2D eigenvalue weighted by Gasteiger charge is -2.32. The standard InChI is InChI=1S/C16H23NO/c1-12(2)14-4-6-15(7-5-14)13(3)17-10-8-16(18)9-11-17/h4-7,12-13H,8-11H2,1-3H3. The van der Waals surface area contributed by atoms with Gasteiger partial charge in [-0.25, -0.2) is 0 Å². The molecule has 1 heterocycles. The Hall–Kier alpha value is -1.15. The van der Waals surface area contributed by atoms with Gasteiger partial charge in [0.15, 0.2) is 0 Å². The monoisotopic (exact) mass is 245 g/mol. The molecule has 1 aromatic rings. The lowest BCUT2D eigenvalue weighted by Crippen LogP contribution is -2.35. The van der Waals surface area contributed by atoms with Crippen molar-refractivity contribution in [3.05, 3.63) is 35.4 Å². The van der Waals surface area contributed by atoms with Crippen LogP contribution < -0.4 is 0 Å². The number of carbonyl (C=O) groups excluding carboxylic acids is 1. The van der Waals surface area contributed by atoms with E-state index in [1.54, 1.807) is 0 Å². The number of ketones is 1. The Bertz CT molecular complexity index is 398. The molecule has 1 atom stereocenters. The van der Waals surface area contributed by atoms with Crippen LogP contribution in [0.2, 0.25) is 0 Å². The summed E-state index contributed by atoms with van der Waals surface area (Å²) in [4.78, 5) is 13.7. The van der Waals surface area contributed by atoms with E-state index in [4.69, 9.17) is 0 Å². The summed E-state index contributed by atoms with van der Waals surface area (Å²) in [7, 11) is 0. The molecule has 18 heavy (non-hydrogen) atoms. The molecule has 2 heteroatoms. The summed E-state index contributed by atoms with van der Waals surface area (Å²) in [5.74, 6) is 0.996. The van der Waals surface area contributed by atoms with Crippen LogP contribution in [-0.4, -0.2) is 23.8 Å². The lowest BCUT2D eigenvalue weighted by molar-refractivity contribution is -0.121. The van der Waals surface area contributed by atoms with E-state index >= 15 is 0 Å². The Kier molecular flexibility index (Phi) is 4.18. The van der Waals surface area contributed by atoms with Gasteiger partial charge in [0.25, 0.3) is 0 Å². The Labute approximate surface area is 110 Å². The van der Waals surface area contributed by atoms with Gasteiger partial charge in [-0.2, -0.15) is 0 Å². The minimum atomic E-state index is 0.411. The van der Waals surface area contributed by atoms with Crippen LogP contribution >= 0.6 is 0 Å². The van der Waals surface area contributed by atoms with E-state index in [0.717, 1.165) is 13.1 Å². The van der Waals surface area contributed by atoms with E-state index in [-0.39, 0.29) is 0 Å². The number of likely N-dealkylation sites (tertiary alicyclic amines) is 1. The smallest absolute Gasteiger partial charge is 0.135 e. The molecule has 0 saturated carbocycles. The Morgan fingerprint density at radius 2 is 1.44 bits per heavy atom. The first kappa shape index (κ1) is 13.3. The van der Waals surface area contributed by atoms with Gasteiger partial charge < -0.3 is 0 Å². The van der Waals surface area contributed by atoms with Crippen LogP contribution in [-0.2, 0) is 4.79 Å². The highest BCUT2D eigenvalue weighted by Gasteiger charge is 2.21. The number of nitrogens with zero attached hydrogens (tertiary/aromatic N) is 1. The van der Waals surface area contributed by atoms with Crippen molar-refractivity contribution in [1.82, 2.24) is 4.90 Å². The van der Waals surface area contributed by atoms with Crippen molar-refractivity contribution in [2.24, 2.45) is 0 Å². The van der Waals surface area contributed by atoms with Crippen LogP contribution in [0.25, 0.3) is 0 Å². The summed E-state index contributed by atoms with van der Waals surface area (Å²) in [6, 6.07) is 9.34. The van der Waals surface area contributed by atoms with Crippen LogP contribution in [0.5, 0.6) is 0 Å². The minimum absolute atomic E-state index is 0.411. The summed E-state index contributed by atoms with van der Waals surface area (Å²) in [5.41, 5.74) is 2.74. The molecule has 0 amide bonds. The van der Waals surface area contributed by atoms with Gasteiger partial charge in [-0.15, -0.1) is 0 Å². The first-order valence-corrected chi connectivity index (χ1v) is 6.93. The molecule has 1 fully saturated rings. The zero-order valence-electron chi connectivity index (χ0n) is 11.6.